The third kappa shape index (κ3) is 14.5. The zero-order valence-corrected chi connectivity index (χ0v) is 24.2. The van der Waals surface area contributed by atoms with Crippen LogP contribution in [0.1, 0.15) is 38.0 Å². The van der Waals surface area contributed by atoms with Crippen molar-refractivity contribution in [3.05, 3.63) is 79.9 Å². The predicted molar refractivity (Wildman–Crippen MR) is 152 cm³/mol. The molecule has 0 spiro atoms. The van der Waals surface area contributed by atoms with Gasteiger partial charge in [-0.05, 0) is 56.0 Å². The van der Waals surface area contributed by atoms with E-state index in [1.807, 2.05) is 36.4 Å². The number of unbranched alkanes of at least 4 members (excludes halogenated alkanes) is 1. The van der Waals surface area contributed by atoms with E-state index in [1.54, 1.807) is 24.3 Å². The van der Waals surface area contributed by atoms with Crippen LogP contribution in [0.2, 0.25) is 0 Å². The summed E-state index contributed by atoms with van der Waals surface area (Å²) in [5.74, 6) is -0.691. The number of aryl methyl sites for hydroxylation is 1. The van der Waals surface area contributed by atoms with Crippen molar-refractivity contribution in [2.75, 3.05) is 20.2 Å². The molecule has 2 unspecified atom stereocenters. The van der Waals surface area contributed by atoms with Crippen LogP contribution in [0, 0.1) is 21.9 Å². The number of phenolic OH excluding ortho intramolecular Hbond substituents is 1. The highest BCUT2D eigenvalue weighted by atomic mass is 32.1. The largest absolute Gasteiger partial charge is 0.507 e. The van der Waals surface area contributed by atoms with Gasteiger partial charge in [0.05, 0.1) is 0 Å². The van der Waals surface area contributed by atoms with Gasteiger partial charge in [-0.15, -0.1) is 26.4 Å². The third-order valence-electron chi connectivity index (χ3n) is 5.25. The lowest BCUT2D eigenvalue weighted by Crippen LogP contribution is -2.35. The van der Waals surface area contributed by atoms with Crippen LogP contribution in [0.5, 0.6) is 5.75 Å². The molecule has 0 saturated carbocycles. The Morgan fingerprint density at radius 1 is 1.10 bits per heavy atom. The SMILES string of the molecule is CCN(C)C(=O)OC(C)OC(=O)C(CCCCON=O)O[N+](=O)[O-].Cc1cccs1.Oc1cccc2ccccc12. The summed E-state index contributed by atoms with van der Waals surface area (Å²) in [6.45, 7) is 5.53. The van der Waals surface area contributed by atoms with Crippen LogP contribution in [0.15, 0.2) is 65.3 Å². The van der Waals surface area contributed by atoms with Gasteiger partial charge in [-0.1, -0.05) is 42.5 Å². The van der Waals surface area contributed by atoms with Gasteiger partial charge in [0.15, 0.2) is 5.34 Å². The average Bonchev–Trinajstić information content (AvgIpc) is 3.43. The van der Waals surface area contributed by atoms with E-state index in [0.717, 1.165) is 10.8 Å². The second kappa shape index (κ2) is 19.6. The number of rotatable bonds is 12. The molecule has 1 aromatic heterocycles. The second-order valence-electron chi connectivity index (χ2n) is 8.35. The zero-order valence-electron chi connectivity index (χ0n) is 23.3. The molecule has 1 N–H and O–H groups in total. The fourth-order valence-corrected chi connectivity index (χ4v) is 3.57. The smallest absolute Gasteiger partial charge is 0.412 e. The molecule has 0 aliphatic rings. The molecule has 2 atom stereocenters. The van der Waals surface area contributed by atoms with Crippen LogP contribution >= 0.6 is 11.3 Å². The maximum absolute atomic E-state index is 11.9. The number of aromatic hydroxyl groups is 1. The number of fused-ring (bicyclic) bond motifs is 1. The number of esters is 1. The number of ether oxygens (including phenoxy) is 2. The molecule has 1 amide bonds. The van der Waals surface area contributed by atoms with Gasteiger partial charge in [-0.25, -0.2) is 9.59 Å². The van der Waals surface area contributed by atoms with Crippen LogP contribution in [-0.4, -0.2) is 59.7 Å². The molecule has 14 heteroatoms. The topological polar surface area (TPSA) is 167 Å². The molecule has 0 fully saturated rings. The molecular formula is C27H35N3O10S. The maximum atomic E-state index is 11.9. The van der Waals surface area contributed by atoms with Crippen molar-refractivity contribution in [3.8, 4) is 5.75 Å². The predicted octanol–water partition coefficient (Wildman–Crippen LogP) is 6.01. The van der Waals surface area contributed by atoms with E-state index >= 15 is 0 Å². The highest BCUT2D eigenvalue weighted by Crippen LogP contribution is 2.23. The zero-order chi connectivity index (χ0) is 30.6. The first-order chi connectivity index (χ1) is 19.6. The molecule has 13 nitrogen and oxygen atoms in total. The molecular weight excluding hydrogens is 558 g/mol. The molecule has 41 heavy (non-hydrogen) atoms. The normalized spacial score (nSPS) is 11.3. The molecule has 0 radical (unpaired) electrons. The van der Waals surface area contributed by atoms with Crippen molar-refractivity contribution >= 4 is 34.2 Å². The third-order valence-corrected chi connectivity index (χ3v) is 6.05. The minimum Gasteiger partial charge on any atom is -0.507 e. The molecule has 224 valence electrons. The number of carbonyl (C=O) groups is 2. The Morgan fingerprint density at radius 3 is 2.37 bits per heavy atom. The van der Waals surface area contributed by atoms with E-state index in [9.17, 15) is 29.7 Å². The fourth-order valence-electron chi connectivity index (χ4n) is 3.04. The number of thiophene rings is 1. The lowest BCUT2D eigenvalue weighted by atomic mass is 10.1. The van der Waals surface area contributed by atoms with Gasteiger partial charge in [0.25, 0.3) is 5.09 Å². The first-order valence-corrected chi connectivity index (χ1v) is 13.5. The molecule has 1 heterocycles. The second-order valence-corrected chi connectivity index (χ2v) is 9.50. The van der Waals surface area contributed by atoms with Gasteiger partial charge in [0, 0.05) is 30.8 Å². The lowest BCUT2D eigenvalue weighted by Gasteiger charge is -2.21. The average molecular weight is 594 g/mol. The number of hydrogen-bond donors (Lipinski definition) is 1. The number of phenols is 1. The van der Waals surface area contributed by atoms with Crippen LogP contribution in [0.25, 0.3) is 10.8 Å². The summed E-state index contributed by atoms with van der Waals surface area (Å²) in [5, 5.41) is 25.0. The van der Waals surface area contributed by atoms with Crippen molar-refractivity contribution in [1.82, 2.24) is 4.90 Å². The van der Waals surface area contributed by atoms with Gasteiger partial charge in [-0.3, -0.25) is 4.84 Å². The molecule has 0 bridgehead atoms. The standard InChI is InChI=1S/C12H21N3O9.C10H8O.C5H6S/c1-4-14(3)12(17)23-9(2)22-11(16)10(24-15(19)20)7-5-6-8-21-13-18;11-10-7-3-5-8-4-1-2-6-9(8)10;1-5-3-2-4-6-5/h9-10H,4-8H2,1-3H3;1-7,11H;2-4H,1H3. The molecule has 3 rings (SSSR count). The number of amides is 1. The Bertz CT molecular complexity index is 1200. The summed E-state index contributed by atoms with van der Waals surface area (Å²) < 4.78 is 9.66. The van der Waals surface area contributed by atoms with Crippen molar-refractivity contribution in [1.29, 1.82) is 0 Å². The van der Waals surface area contributed by atoms with Gasteiger partial charge in [0.2, 0.25) is 12.4 Å². The Balaban J connectivity index is 0.000000394. The Labute approximate surface area is 241 Å². The summed E-state index contributed by atoms with van der Waals surface area (Å²) in [5.41, 5.74) is 0. The van der Waals surface area contributed by atoms with Crippen LogP contribution in [0.4, 0.5) is 4.79 Å². The Morgan fingerprint density at radius 2 is 1.80 bits per heavy atom. The van der Waals surface area contributed by atoms with E-state index in [1.165, 1.54) is 23.7 Å². The number of nitrogens with zero attached hydrogens (tertiary/aromatic N) is 3. The van der Waals surface area contributed by atoms with E-state index in [2.05, 4.69) is 39.5 Å². The lowest BCUT2D eigenvalue weighted by molar-refractivity contribution is -0.765. The highest BCUT2D eigenvalue weighted by molar-refractivity contribution is 7.09. The molecule has 0 aliphatic heterocycles. The van der Waals surface area contributed by atoms with Crippen LogP contribution < -0.4 is 0 Å². The van der Waals surface area contributed by atoms with Crippen LogP contribution in [0.3, 0.4) is 0 Å². The van der Waals surface area contributed by atoms with Gasteiger partial charge >= 0.3 is 12.1 Å². The summed E-state index contributed by atoms with van der Waals surface area (Å²) in [6.07, 6.45) is -2.84. The van der Waals surface area contributed by atoms with Crippen molar-refractivity contribution in [3.63, 3.8) is 0 Å². The number of carbonyl (C=O) groups excluding carboxylic acids is 2. The van der Waals surface area contributed by atoms with Gasteiger partial charge in [-0.2, -0.15) is 0 Å². The first-order valence-electron chi connectivity index (χ1n) is 12.6. The van der Waals surface area contributed by atoms with E-state index in [4.69, 9.17) is 9.47 Å². The molecule has 0 saturated heterocycles. The Hall–Kier alpha value is -4.46. The number of benzene rings is 2. The minimum atomic E-state index is -1.48. The van der Waals surface area contributed by atoms with Crippen LogP contribution in [-0.2, 0) is 23.9 Å². The summed E-state index contributed by atoms with van der Waals surface area (Å²) in [7, 11) is 1.49. The van der Waals surface area contributed by atoms with E-state index in [-0.39, 0.29) is 19.4 Å². The highest BCUT2D eigenvalue weighted by Gasteiger charge is 2.27. The van der Waals surface area contributed by atoms with Crippen molar-refractivity contribution < 1.29 is 38.9 Å². The van der Waals surface area contributed by atoms with Crippen molar-refractivity contribution in [2.45, 2.75) is 52.4 Å². The number of hydrogen-bond acceptors (Lipinski definition) is 12. The minimum absolute atomic E-state index is 0.0150. The molecule has 0 aliphatic carbocycles. The summed E-state index contributed by atoms with van der Waals surface area (Å²) in [4.78, 5) is 54.7. The van der Waals surface area contributed by atoms with Crippen molar-refractivity contribution in [2.24, 2.45) is 5.34 Å². The van der Waals surface area contributed by atoms with Gasteiger partial charge in [0.1, 0.15) is 12.4 Å². The monoisotopic (exact) mass is 593 g/mol. The maximum Gasteiger partial charge on any atom is 0.412 e. The molecule has 3 aromatic rings. The van der Waals surface area contributed by atoms with E-state index in [0.29, 0.717) is 18.7 Å². The molecule has 2 aromatic carbocycles. The summed E-state index contributed by atoms with van der Waals surface area (Å²) >= 11 is 1.78. The Kier molecular flexibility index (Phi) is 16.5. The first kappa shape index (κ1) is 34.6. The van der Waals surface area contributed by atoms with Gasteiger partial charge < -0.3 is 24.3 Å². The quantitative estimate of drug-likeness (QED) is 0.0655. The summed E-state index contributed by atoms with van der Waals surface area (Å²) in [6, 6.07) is 17.4. The fraction of sp³-hybridized carbons (Fsp3) is 0.407. The van der Waals surface area contributed by atoms with E-state index < -0.39 is 29.5 Å².